The summed E-state index contributed by atoms with van der Waals surface area (Å²) in [5.74, 6) is -4.05. The highest BCUT2D eigenvalue weighted by Crippen LogP contribution is 2.64. The van der Waals surface area contributed by atoms with Gasteiger partial charge in [0.15, 0.2) is 0 Å². The van der Waals surface area contributed by atoms with Crippen LogP contribution in [-0.2, 0) is 26.2 Å². The lowest BCUT2D eigenvalue weighted by atomic mass is 9.51. The molecule has 0 radical (unpaired) electrons. The summed E-state index contributed by atoms with van der Waals surface area (Å²) >= 11 is 7.84. The summed E-state index contributed by atoms with van der Waals surface area (Å²) in [6.07, 6.45) is 2.56. The molecule has 45 heavy (non-hydrogen) atoms. The number of anilines is 1. The number of phenolic OH excluding ortho intramolecular Hbond substituents is 1. The Morgan fingerprint density at radius 3 is 2.62 bits per heavy atom. The molecule has 2 N–H and O–H groups in total. The van der Waals surface area contributed by atoms with Crippen molar-refractivity contribution in [2.24, 2.45) is 36.1 Å². The molecule has 2 aromatic heterocycles. The molecular formula is C34H29ClN4O5S. The summed E-state index contributed by atoms with van der Waals surface area (Å²) in [5.41, 5.74) is 1.75. The van der Waals surface area contributed by atoms with Crippen LogP contribution in [0.4, 0.5) is 5.82 Å². The Morgan fingerprint density at radius 1 is 1.07 bits per heavy atom. The van der Waals surface area contributed by atoms with E-state index in [-0.39, 0.29) is 35.8 Å². The van der Waals surface area contributed by atoms with E-state index < -0.39 is 35.0 Å². The van der Waals surface area contributed by atoms with Crippen molar-refractivity contribution in [3.8, 4) is 16.3 Å². The highest BCUT2D eigenvalue weighted by atomic mass is 35.5. The minimum absolute atomic E-state index is 0.0138. The number of halogens is 1. The number of para-hydroxylation sites is 1. The van der Waals surface area contributed by atoms with E-state index in [1.165, 1.54) is 4.90 Å². The Balaban J connectivity index is 1.26. The van der Waals surface area contributed by atoms with Crippen molar-refractivity contribution in [1.29, 1.82) is 0 Å². The number of nitrogens with zero attached hydrogens (tertiary/aromatic N) is 3. The molecule has 1 saturated carbocycles. The number of amides is 4. The van der Waals surface area contributed by atoms with Gasteiger partial charge in [0.1, 0.15) is 17.3 Å². The number of aromatic hydroxyl groups is 1. The molecule has 8 rings (SSSR count). The Kier molecular flexibility index (Phi) is 6.02. The number of imide groups is 2. The van der Waals surface area contributed by atoms with Gasteiger partial charge in [-0.1, -0.05) is 41.4 Å². The molecule has 2 aliphatic carbocycles. The maximum Gasteiger partial charge on any atom is 0.242 e. The second-order valence-electron chi connectivity index (χ2n) is 12.8. The van der Waals surface area contributed by atoms with Crippen molar-refractivity contribution in [3.63, 3.8) is 0 Å². The first-order valence-electron chi connectivity index (χ1n) is 14.9. The van der Waals surface area contributed by atoms with E-state index in [2.05, 4.69) is 5.32 Å². The molecule has 9 nitrogen and oxygen atoms in total. The molecule has 0 spiro atoms. The number of nitrogens with one attached hydrogen (secondary N) is 1. The van der Waals surface area contributed by atoms with E-state index in [9.17, 15) is 24.3 Å². The lowest BCUT2D eigenvalue weighted by Crippen LogP contribution is -2.48. The highest BCUT2D eigenvalue weighted by Gasteiger charge is 2.67. The lowest BCUT2D eigenvalue weighted by Gasteiger charge is -2.49. The topological polar surface area (TPSA) is 122 Å². The first-order chi connectivity index (χ1) is 21.5. The number of hydrogen-bond donors (Lipinski definition) is 2. The van der Waals surface area contributed by atoms with Crippen LogP contribution < -0.4 is 10.2 Å². The quantitative estimate of drug-likeness (QED) is 0.226. The molecular weight excluding hydrogens is 612 g/mol. The number of fused-ring (bicyclic) bond motifs is 5. The summed E-state index contributed by atoms with van der Waals surface area (Å²) in [6.45, 7) is 3.80. The number of rotatable bonds is 3. The third-order valence-corrected chi connectivity index (χ3v) is 12.1. The summed E-state index contributed by atoms with van der Waals surface area (Å²) in [5, 5.41) is 20.0. The van der Waals surface area contributed by atoms with Crippen LogP contribution in [0.15, 0.2) is 60.2 Å². The number of hydrogen-bond acceptors (Lipinski definition) is 7. The molecule has 4 aromatic rings. The SMILES string of the molecule is Cc1c(-c2cc(N3C(=O)[C@@H]4C[C@@H]5C(=CC[C@@H]6C(=O)NC(=O)[C@@H]65)[C@H](c5ccccc5O)[C@]4(C)C3=O)n(C)n2)sc2ccc(Cl)cc12. The van der Waals surface area contributed by atoms with Crippen LogP contribution in [0, 0.1) is 36.0 Å². The number of aryl methyl sites for hydroxylation is 2. The van der Waals surface area contributed by atoms with Crippen LogP contribution >= 0.6 is 22.9 Å². The number of aromatic nitrogens is 2. The zero-order valence-electron chi connectivity index (χ0n) is 24.7. The van der Waals surface area contributed by atoms with Crippen molar-refractivity contribution >= 4 is 62.5 Å². The molecule has 11 heteroatoms. The zero-order chi connectivity index (χ0) is 31.5. The number of carbonyl (C=O) groups excluding carboxylic acids is 4. The Bertz CT molecular complexity index is 2050. The number of carbonyl (C=O) groups is 4. The average Bonchev–Trinajstić information content (AvgIpc) is 3.69. The summed E-state index contributed by atoms with van der Waals surface area (Å²) in [6, 6.07) is 14.4. The van der Waals surface area contributed by atoms with Gasteiger partial charge >= 0.3 is 0 Å². The number of thiophene rings is 1. The van der Waals surface area contributed by atoms with Crippen molar-refractivity contribution < 1.29 is 24.3 Å². The fraction of sp³-hybridized carbons (Fsp3) is 0.324. The Hall–Kier alpha value is -4.28. The van der Waals surface area contributed by atoms with E-state index in [1.807, 2.05) is 31.2 Å². The van der Waals surface area contributed by atoms with Gasteiger partial charge in [-0.3, -0.25) is 29.2 Å². The molecule has 3 fully saturated rings. The summed E-state index contributed by atoms with van der Waals surface area (Å²) in [4.78, 5) is 57.1. The smallest absolute Gasteiger partial charge is 0.242 e. The molecule has 4 aliphatic rings. The molecule has 2 aliphatic heterocycles. The standard InChI is InChI=1S/C34H29ClN4O5S/c1-15-20-12-16(35)8-11-25(20)45-29(15)23-14-26(38(3)37-23)39-32(43)22-13-21-17(9-10-19-27(21)31(42)36-30(19)41)28(34(22,2)33(39)44)18-6-4-5-7-24(18)40/h4-9,11-12,14,19,21-22,27-28,40H,10,13H2,1-3H3,(H,36,41,42)/t19-,21+,22-,27-,28+,34+/m0/s1. The van der Waals surface area contributed by atoms with Crippen molar-refractivity contribution in [3.05, 3.63) is 76.3 Å². The Labute approximate surface area is 267 Å². The molecule has 6 atom stereocenters. The van der Waals surface area contributed by atoms with Crippen molar-refractivity contribution in [2.75, 3.05) is 4.90 Å². The van der Waals surface area contributed by atoms with E-state index in [0.29, 0.717) is 28.5 Å². The first kappa shape index (κ1) is 28.2. The van der Waals surface area contributed by atoms with E-state index >= 15 is 0 Å². The van der Waals surface area contributed by atoms with Gasteiger partial charge in [-0.25, -0.2) is 4.90 Å². The minimum atomic E-state index is -1.25. The summed E-state index contributed by atoms with van der Waals surface area (Å²) < 4.78 is 2.61. The van der Waals surface area contributed by atoms with E-state index in [1.54, 1.807) is 60.3 Å². The second-order valence-corrected chi connectivity index (χ2v) is 14.3. The molecule has 2 aromatic carbocycles. The van der Waals surface area contributed by atoms with Gasteiger partial charge in [0, 0.05) is 34.3 Å². The van der Waals surface area contributed by atoms with Crippen molar-refractivity contribution in [1.82, 2.24) is 15.1 Å². The zero-order valence-corrected chi connectivity index (χ0v) is 26.3. The predicted molar refractivity (Wildman–Crippen MR) is 170 cm³/mol. The van der Waals surface area contributed by atoms with Crippen LogP contribution in [-0.4, -0.2) is 38.5 Å². The summed E-state index contributed by atoms with van der Waals surface area (Å²) in [7, 11) is 1.71. The van der Waals surface area contributed by atoms with E-state index in [0.717, 1.165) is 26.1 Å². The van der Waals surface area contributed by atoms with Gasteiger partial charge in [0.25, 0.3) is 0 Å². The maximum atomic E-state index is 14.7. The maximum absolute atomic E-state index is 14.7. The molecule has 228 valence electrons. The lowest BCUT2D eigenvalue weighted by molar-refractivity contribution is -0.131. The number of allylic oxidation sites excluding steroid dienone is 2. The average molecular weight is 641 g/mol. The van der Waals surface area contributed by atoms with Crippen LogP contribution in [0.5, 0.6) is 5.75 Å². The normalized spacial score (nSPS) is 29.1. The first-order valence-corrected chi connectivity index (χ1v) is 16.1. The monoisotopic (exact) mass is 640 g/mol. The fourth-order valence-corrected chi connectivity index (χ4v) is 9.75. The van der Waals surface area contributed by atoms with Gasteiger partial charge in [-0.15, -0.1) is 11.3 Å². The molecule has 2 saturated heterocycles. The Morgan fingerprint density at radius 2 is 1.84 bits per heavy atom. The fourth-order valence-electron chi connectivity index (χ4n) is 8.44. The molecule has 4 amide bonds. The second kappa shape index (κ2) is 9.61. The van der Waals surface area contributed by atoms with E-state index in [4.69, 9.17) is 16.7 Å². The van der Waals surface area contributed by atoms with Crippen LogP contribution in [0.1, 0.15) is 36.8 Å². The van der Waals surface area contributed by atoms with Crippen LogP contribution in [0.3, 0.4) is 0 Å². The molecule has 4 heterocycles. The van der Waals surface area contributed by atoms with Gasteiger partial charge in [-0.2, -0.15) is 5.10 Å². The third-order valence-electron chi connectivity index (χ3n) is 10.6. The molecule has 0 bridgehead atoms. The van der Waals surface area contributed by atoms with Gasteiger partial charge in [-0.05, 0) is 67.8 Å². The molecule has 0 unspecified atom stereocenters. The predicted octanol–water partition coefficient (Wildman–Crippen LogP) is 5.49. The minimum Gasteiger partial charge on any atom is -0.508 e. The highest BCUT2D eigenvalue weighted by molar-refractivity contribution is 7.22. The van der Waals surface area contributed by atoms with Crippen LogP contribution in [0.2, 0.25) is 5.02 Å². The van der Waals surface area contributed by atoms with Gasteiger partial charge in [0.05, 0.1) is 28.0 Å². The number of benzene rings is 2. The van der Waals surface area contributed by atoms with Crippen molar-refractivity contribution in [2.45, 2.75) is 32.6 Å². The third kappa shape index (κ3) is 3.75. The van der Waals surface area contributed by atoms with Gasteiger partial charge in [0.2, 0.25) is 23.6 Å². The van der Waals surface area contributed by atoms with Gasteiger partial charge < -0.3 is 5.11 Å². The largest absolute Gasteiger partial charge is 0.508 e. The van der Waals surface area contributed by atoms with Crippen LogP contribution in [0.25, 0.3) is 20.7 Å². The number of phenols is 1.